The van der Waals surface area contributed by atoms with Crippen LogP contribution in [0.5, 0.6) is 0 Å². The zero-order valence-corrected chi connectivity index (χ0v) is 9.45. The predicted octanol–water partition coefficient (Wildman–Crippen LogP) is 2.18. The Morgan fingerprint density at radius 1 is 1.06 bits per heavy atom. The first-order valence-electron chi connectivity index (χ1n) is 5.53. The summed E-state index contributed by atoms with van der Waals surface area (Å²) in [5.41, 5.74) is 2.84. The van der Waals surface area contributed by atoms with Gasteiger partial charge in [-0.2, -0.15) is 0 Å². The maximum Gasteiger partial charge on any atom is 0.116 e. The van der Waals surface area contributed by atoms with E-state index in [1.54, 1.807) is 0 Å². The van der Waals surface area contributed by atoms with Gasteiger partial charge in [-0.25, -0.2) is 9.97 Å². The molecule has 0 spiro atoms. The van der Waals surface area contributed by atoms with Crippen molar-refractivity contribution >= 4 is 12.2 Å². The van der Waals surface area contributed by atoms with E-state index in [0.717, 1.165) is 17.0 Å². The summed E-state index contributed by atoms with van der Waals surface area (Å²) in [6.07, 6.45) is 6.04. The SMILES string of the molecule is OCCc1cc(C=Cc2ccccc2)ncn1. The van der Waals surface area contributed by atoms with E-state index in [1.807, 2.05) is 48.6 Å². The van der Waals surface area contributed by atoms with Crippen molar-refractivity contribution in [2.45, 2.75) is 6.42 Å². The highest BCUT2D eigenvalue weighted by Crippen LogP contribution is 2.06. The van der Waals surface area contributed by atoms with Crippen LogP contribution in [0.3, 0.4) is 0 Å². The molecule has 17 heavy (non-hydrogen) atoms. The number of aliphatic hydroxyl groups excluding tert-OH is 1. The summed E-state index contributed by atoms with van der Waals surface area (Å²) in [4.78, 5) is 8.24. The Hall–Kier alpha value is -2.00. The highest BCUT2D eigenvalue weighted by Gasteiger charge is 1.95. The Bertz CT molecular complexity index is 495. The van der Waals surface area contributed by atoms with Crippen LogP contribution in [0.1, 0.15) is 17.0 Å². The molecule has 3 heteroatoms. The summed E-state index contributed by atoms with van der Waals surface area (Å²) < 4.78 is 0. The summed E-state index contributed by atoms with van der Waals surface area (Å²) in [5.74, 6) is 0. The van der Waals surface area contributed by atoms with E-state index in [0.29, 0.717) is 6.42 Å². The van der Waals surface area contributed by atoms with Crippen LogP contribution in [0, 0.1) is 0 Å². The molecular formula is C14H14N2O. The molecule has 1 N–H and O–H groups in total. The lowest BCUT2D eigenvalue weighted by atomic mass is 10.2. The third-order valence-corrected chi connectivity index (χ3v) is 2.36. The third kappa shape index (κ3) is 3.50. The Labute approximate surface area is 100 Å². The van der Waals surface area contributed by atoms with Crippen LogP contribution in [0.2, 0.25) is 0 Å². The Kier molecular flexibility index (Phi) is 4.00. The second kappa shape index (κ2) is 5.92. The van der Waals surface area contributed by atoms with Crippen molar-refractivity contribution in [1.82, 2.24) is 9.97 Å². The van der Waals surface area contributed by atoms with Gasteiger partial charge in [0, 0.05) is 18.7 Å². The Balaban J connectivity index is 2.13. The number of aromatic nitrogens is 2. The van der Waals surface area contributed by atoms with Crippen LogP contribution in [-0.2, 0) is 6.42 Å². The largest absolute Gasteiger partial charge is 0.396 e. The van der Waals surface area contributed by atoms with E-state index in [2.05, 4.69) is 9.97 Å². The van der Waals surface area contributed by atoms with Gasteiger partial charge < -0.3 is 5.11 Å². The number of nitrogens with zero attached hydrogens (tertiary/aromatic N) is 2. The average Bonchev–Trinajstić information content (AvgIpc) is 2.39. The van der Waals surface area contributed by atoms with E-state index in [1.165, 1.54) is 6.33 Å². The van der Waals surface area contributed by atoms with Crippen molar-refractivity contribution in [3.05, 3.63) is 59.7 Å². The lowest BCUT2D eigenvalue weighted by Gasteiger charge is -1.98. The molecule has 0 amide bonds. The molecule has 0 aliphatic rings. The average molecular weight is 226 g/mol. The summed E-state index contributed by atoms with van der Waals surface area (Å²) in [6, 6.07) is 11.9. The topological polar surface area (TPSA) is 46.0 Å². The molecule has 1 aromatic heterocycles. The van der Waals surface area contributed by atoms with E-state index in [4.69, 9.17) is 5.11 Å². The molecule has 2 rings (SSSR count). The lowest BCUT2D eigenvalue weighted by Crippen LogP contribution is -1.96. The van der Waals surface area contributed by atoms with Crippen molar-refractivity contribution in [2.24, 2.45) is 0 Å². The van der Waals surface area contributed by atoms with Gasteiger partial charge in [-0.05, 0) is 17.7 Å². The summed E-state index contributed by atoms with van der Waals surface area (Å²) in [5, 5.41) is 8.84. The lowest BCUT2D eigenvalue weighted by molar-refractivity contribution is 0.298. The summed E-state index contributed by atoms with van der Waals surface area (Å²) >= 11 is 0. The first kappa shape index (κ1) is 11.5. The molecule has 0 aliphatic carbocycles. The van der Waals surface area contributed by atoms with Crippen LogP contribution in [0.15, 0.2) is 42.7 Å². The van der Waals surface area contributed by atoms with Gasteiger partial charge >= 0.3 is 0 Å². The number of hydrogen-bond acceptors (Lipinski definition) is 3. The van der Waals surface area contributed by atoms with Gasteiger partial charge in [0.25, 0.3) is 0 Å². The molecule has 3 nitrogen and oxygen atoms in total. The van der Waals surface area contributed by atoms with Crippen molar-refractivity contribution in [1.29, 1.82) is 0 Å². The van der Waals surface area contributed by atoms with E-state index in [9.17, 15) is 0 Å². The standard InChI is InChI=1S/C14H14N2O/c17-9-8-14-10-13(15-11-16-14)7-6-12-4-2-1-3-5-12/h1-7,10-11,17H,8-9H2. The summed E-state index contributed by atoms with van der Waals surface area (Å²) in [6.45, 7) is 0.110. The van der Waals surface area contributed by atoms with E-state index >= 15 is 0 Å². The second-order valence-corrected chi connectivity index (χ2v) is 3.65. The molecule has 0 bridgehead atoms. The molecule has 0 fully saturated rings. The zero-order chi connectivity index (χ0) is 11.9. The molecular weight excluding hydrogens is 212 g/mol. The normalized spacial score (nSPS) is 10.9. The van der Waals surface area contributed by atoms with Crippen LogP contribution >= 0.6 is 0 Å². The predicted molar refractivity (Wildman–Crippen MR) is 68.2 cm³/mol. The quantitative estimate of drug-likeness (QED) is 0.869. The van der Waals surface area contributed by atoms with Crippen LogP contribution in [0.25, 0.3) is 12.2 Å². The maximum atomic E-state index is 8.84. The number of hydrogen-bond donors (Lipinski definition) is 1. The first-order valence-corrected chi connectivity index (χ1v) is 5.53. The second-order valence-electron chi connectivity index (χ2n) is 3.65. The fourth-order valence-corrected chi connectivity index (χ4v) is 1.50. The van der Waals surface area contributed by atoms with Crippen LogP contribution < -0.4 is 0 Å². The fraction of sp³-hybridized carbons (Fsp3) is 0.143. The molecule has 0 unspecified atom stereocenters. The molecule has 0 saturated heterocycles. The van der Waals surface area contributed by atoms with Crippen LogP contribution in [0.4, 0.5) is 0 Å². The van der Waals surface area contributed by atoms with Crippen LogP contribution in [-0.4, -0.2) is 21.7 Å². The number of aliphatic hydroxyl groups is 1. The van der Waals surface area contributed by atoms with E-state index < -0.39 is 0 Å². The van der Waals surface area contributed by atoms with E-state index in [-0.39, 0.29) is 6.61 Å². The minimum absolute atomic E-state index is 0.110. The first-order chi connectivity index (χ1) is 8.38. The van der Waals surface area contributed by atoms with Gasteiger partial charge in [0.1, 0.15) is 6.33 Å². The zero-order valence-electron chi connectivity index (χ0n) is 9.45. The fourth-order valence-electron chi connectivity index (χ4n) is 1.50. The monoisotopic (exact) mass is 226 g/mol. The molecule has 1 aromatic carbocycles. The van der Waals surface area contributed by atoms with Crippen molar-refractivity contribution in [2.75, 3.05) is 6.61 Å². The molecule has 86 valence electrons. The summed E-state index contributed by atoms with van der Waals surface area (Å²) in [7, 11) is 0. The molecule has 0 saturated carbocycles. The van der Waals surface area contributed by atoms with Crippen molar-refractivity contribution in [3.63, 3.8) is 0 Å². The van der Waals surface area contributed by atoms with Gasteiger partial charge in [0.15, 0.2) is 0 Å². The smallest absolute Gasteiger partial charge is 0.116 e. The minimum Gasteiger partial charge on any atom is -0.396 e. The number of rotatable bonds is 4. The number of benzene rings is 1. The van der Waals surface area contributed by atoms with Gasteiger partial charge in [-0.15, -0.1) is 0 Å². The minimum atomic E-state index is 0.110. The van der Waals surface area contributed by atoms with Crippen molar-refractivity contribution < 1.29 is 5.11 Å². The highest BCUT2D eigenvalue weighted by molar-refractivity contribution is 5.67. The third-order valence-electron chi connectivity index (χ3n) is 2.36. The van der Waals surface area contributed by atoms with Crippen molar-refractivity contribution in [3.8, 4) is 0 Å². The maximum absolute atomic E-state index is 8.84. The Morgan fingerprint density at radius 2 is 1.88 bits per heavy atom. The molecule has 0 aliphatic heterocycles. The molecule has 1 heterocycles. The van der Waals surface area contributed by atoms with Gasteiger partial charge in [0.2, 0.25) is 0 Å². The van der Waals surface area contributed by atoms with Gasteiger partial charge in [-0.1, -0.05) is 36.4 Å². The van der Waals surface area contributed by atoms with Gasteiger partial charge in [-0.3, -0.25) is 0 Å². The molecule has 0 atom stereocenters. The highest BCUT2D eigenvalue weighted by atomic mass is 16.3. The molecule has 2 aromatic rings. The Morgan fingerprint density at radius 3 is 2.65 bits per heavy atom. The van der Waals surface area contributed by atoms with Gasteiger partial charge in [0.05, 0.1) is 5.69 Å². The molecule has 0 radical (unpaired) electrons.